The molecule has 1 aliphatic rings. The van der Waals surface area contributed by atoms with Gasteiger partial charge in [-0.1, -0.05) is 43.7 Å². The molecule has 1 aliphatic carbocycles. The molecule has 0 saturated heterocycles. The Balaban J connectivity index is 1.70. The largest absolute Gasteiger partial charge is 0.492 e. The highest BCUT2D eigenvalue weighted by Crippen LogP contribution is 2.35. The first-order chi connectivity index (χ1) is 15.0. The van der Waals surface area contributed by atoms with Crippen molar-refractivity contribution in [3.8, 4) is 5.75 Å². The first kappa shape index (κ1) is 24.9. The summed E-state index contributed by atoms with van der Waals surface area (Å²) in [6, 6.07) is 8.57. The lowest BCUT2D eigenvalue weighted by molar-refractivity contribution is -0.125. The van der Waals surface area contributed by atoms with Crippen LogP contribution in [-0.4, -0.2) is 44.1 Å². The second kappa shape index (κ2) is 13.9. The Labute approximate surface area is 187 Å². The number of carbonyl (C=O) groups is 2. The van der Waals surface area contributed by atoms with Gasteiger partial charge in [-0.25, -0.2) is 0 Å². The third kappa shape index (κ3) is 9.55. The van der Waals surface area contributed by atoms with Crippen LogP contribution < -0.4 is 20.7 Å². The predicted molar refractivity (Wildman–Crippen MR) is 125 cm³/mol. The van der Waals surface area contributed by atoms with Crippen LogP contribution in [0.15, 0.2) is 35.9 Å². The van der Waals surface area contributed by atoms with Gasteiger partial charge in [0.25, 0.3) is 0 Å². The van der Waals surface area contributed by atoms with Gasteiger partial charge in [-0.15, -0.1) is 0 Å². The average Bonchev–Trinajstić information content (AvgIpc) is 3.61. The second-order valence-electron chi connectivity index (χ2n) is 8.17. The number of nitrogens with one attached hydrogen (secondary N) is 3. The summed E-state index contributed by atoms with van der Waals surface area (Å²) in [6.45, 7) is 8.24. The van der Waals surface area contributed by atoms with Crippen LogP contribution in [0.25, 0.3) is 0 Å². The highest BCUT2D eigenvalue weighted by atomic mass is 16.5. The Morgan fingerprint density at radius 1 is 1.13 bits per heavy atom. The molecule has 2 amide bonds. The number of rotatable bonds is 15. The van der Waals surface area contributed by atoms with E-state index in [-0.39, 0.29) is 18.4 Å². The summed E-state index contributed by atoms with van der Waals surface area (Å²) in [5.74, 6) is 1.42. The van der Waals surface area contributed by atoms with Gasteiger partial charge >= 0.3 is 0 Å². The molecule has 1 aromatic carbocycles. The molecule has 1 aromatic rings. The highest BCUT2D eigenvalue weighted by molar-refractivity contribution is 5.84. The summed E-state index contributed by atoms with van der Waals surface area (Å²) in [4.78, 5) is 23.0. The Morgan fingerprint density at radius 3 is 2.61 bits per heavy atom. The summed E-state index contributed by atoms with van der Waals surface area (Å²) in [7, 11) is 0. The van der Waals surface area contributed by atoms with Crippen molar-refractivity contribution in [3.63, 3.8) is 0 Å². The fourth-order valence-corrected chi connectivity index (χ4v) is 3.68. The molecule has 0 radical (unpaired) electrons. The molecule has 0 aromatic heterocycles. The topological polar surface area (TPSA) is 79.5 Å². The Hall–Kier alpha value is -2.34. The van der Waals surface area contributed by atoms with Crippen molar-refractivity contribution in [1.82, 2.24) is 16.0 Å². The lowest BCUT2D eigenvalue weighted by Gasteiger charge is -2.20. The third-order valence-corrected chi connectivity index (χ3v) is 5.52. The number of benzene rings is 1. The molecule has 1 fully saturated rings. The lowest BCUT2D eigenvalue weighted by Crippen LogP contribution is -2.37. The van der Waals surface area contributed by atoms with Gasteiger partial charge in [0, 0.05) is 25.6 Å². The van der Waals surface area contributed by atoms with Crippen molar-refractivity contribution in [3.05, 3.63) is 41.5 Å². The Morgan fingerprint density at radius 2 is 1.90 bits per heavy atom. The van der Waals surface area contributed by atoms with Crippen molar-refractivity contribution in [2.45, 2.75) is 65.3 Å². The van der Waals surface area contributed by atoms with Crippen LogP contribution in [0.5, 0.6) is 5.75 Å². The van der Waals surface area contributed by atoms with E-state index in [0.29, 0.717) is 25.6 Å². The quantitative estimate of drug-likeness (QED) is 0.295. The Kier molecular flexibility index (Phi) is 11.1. The smallest absolute Gasteiger partial charge is 0.239 e. The zero-order valence-electron chi connectivity index (χ0n) is 19.3. The summed E-state index contributed by atoms with van der Waals surface area (Å²) < 4.78 is 6.07. The maximum Gasteiger partial charge on any atom is 0.239 e. The maximum absolute atomic E-state index is 11.8. The number of allylic oxidation sites excluding steroid dienone is 1. The fraction of sp³-hybridized carbons (Fsp3) is 0.600. The van der Waals surface area contributed by atoms with Crippen molar-refractivity contribution in [1.29, 1.82) is 0 Å². The van der Waals surface area contributed by atoms with Gasteiger partial charge in [0.05, 0.1) is 6.54 Å². The minimum absolute atomic E-state index is 0.0359. The molecule has 31 heavy (non-hydrogen) atoms. The van der Waals surface area contributed by atoms with Crippen molar-refractivity contribution in [2.75, 3.05) is 26.2 Å². The van der Waals surface area contributed by atoms with Crippen molar-refractivity contribution in [2.24, 2.45) is 5.92 Å². The lowest BCUT2D eigenvalue weighted by atomic mass is 10.0. The molecule has 1 unspecified atom stereocenters. The predicted octanol–water partition coefficient (Wildman–Crippen LogP) is 3.36. The summed E-state index contributed by atoms with van der Waals surface area (Å²) >= 11 is 0. The molecule has 2 rings (SSSR count). The summed E-state index contributed by atoms with van der Waals surface area (Å²) in [6.07, 6.45) is 8.06. The van der Waals surface area contributed by atoms with E-state index in [9.17, 15) is 9.59 Å². The van der Waals surface area contributed by atoms with Crippen LogP contribution in [-0.2, 0) is 16.0 Å². The highest BCUT2D eigenvalue weighted by Gasteiger charge is 2.31. The van der Waals surface area contributed by atoms with E-state index in [0.717, 1.165) is 43.0 Å². The number of hydrogen-bond acceptors (Lipinski definition) is 4. The summed E-state index contributed by atoms with van der Waals surface area (Å²) in [5, 5.41) is 9.10. The molecule has 6 nitrogen and oxygen atoms in total. The molecule has 0 bridgehead atoms. The van der Waals surface area contributed by atoms with E-state index < -0.39 is 0 Å². The van der Waals surface area contributed by atoms with E-state index >= 15 is 0 Å². The molecule has 0 heterocycles. The number of hydrogen-bond donors (Lipinski definition) is 3. The first-order valence-corrected chi connectivity index (χ1v) is 11.7. The van der Waals surface area contributed by atoms with E-state index in [1.807, 2.05) is 18.2 Å². The zero-order chi connectivity index (χ0) is 22.5. The van der Waals surface area contributed by atoms with Crippen molar-refractivity contribution < 1.29 is 14.3 Å². The van der Waals surface area contributed by atoms with E-state index in [1.54, 1.807) is 6.92 Å². The SMILES string of the molecule is CC/C=C(\C)C(NCCOc1ccccc1CCCNC(=O)CNC(=O)CC)C1CC1. The van der Waals surface area contributed by atoms with Crippen LogP contribution in [0.2, 0.25) is 0 Å². The number of aryl methyl sites for hydroxylation is 1. The van der Waals surface area contributed by atoms with Gasteiger partial charge in [0.15, 0.2) is 0 Å². The molecule has 0 spiro atoms. The van der Waals surface area contributed by atoms with Crippen LogP contribution in [0, 0.1) is 5.92 Å². The molecule has 1 atom stereocenters. The molecule has 172 valence electrons. The normalized spacial score (nSPS) is 14.7. The first-order valence-electron chi connectivity index (χ1n) is 11.7. The monoisotopic (exact) mass is 429 g/mol. The minimum Gasteiger partial charge on any atom is -0.492 e. The third-order valence-electron chi connectivity index (χ3n) is 5.52. The van der Waals surface area contributed by atoms with E-state index in [4.69, 9.17) is 4.74 Å². The van der Waals surface area contributed by atoms with Gasteiger partial charge < -0.3 is 20.7 Å². The summed E-state index contributed by atoms with van der Waals surface area (Å²) in [5.41, 5.74) is 2.60. The fourth-order valence-electron chi connectivity index (χ4n) is 3.68. The number of carbonyl (C=O) groups excluding carboxylic acids is 2. The number of amides is 2. The van der Waals surface area contributed by atoms with E-state index in [1.165, 1.54) is 18.4 Å². The average molecular weight is 430 g/mol. The minimum atomic E-state index is -0.157. The molecule has 1 saturated carbocycles. The molecular formula is C25H39N3O3. The molecule has 0 aliphatic heterocycles. The maximum atomic E-state index is 11.8. The van der Waals surface area contributed by atoms with Gasteiger partial charge in [-0.05, 0) is 56.6 Å². The molecule has 3 N–H and O–H groups in total. The van der Waals surface area contributed by atoms with Crippen LogP contribution in [0.3, 0.4) is 0 Å². The van der Waals surface area contributed by atoms with Gasteiger partial charge in [0.2, 0.25) is 11.8 Å². The van der Waals surface area contributed by atoms with Crippen LogP contribution in [0.4, 0.5) is 0 Å². The second-order valence-corrected chi connectivity index (χ2v) is 8.17. The molecular weight excluding hydrogens is 390 g/mol. The van der Waals surface area contributed by atoms with Gasteiger partial charge in [-0.3, -0.25) is 9.59 Å². The van der Waals surface area contributed by atoms with E-state index in [2.05, 4.69) is 41.9 Å². The zero-order valence-corrected chi connectivity index (χ0v) is 19.3. The van der Waals surface area contributed by atoms with Crippen LogP contribution >= 0.6 is 0 Å². The van der Waals surface area contributed by atoms with Gasteiger partial charge in [-0.2, -0.15) is 0 Å². The van der Waals surface area contributed by atoms with Gasteiger partial charge in [0.1, 0.15) is 12.4 Å². The Bertz CT molecular complexity index is 728. The standard InChI is InChI=1S/C25H39N3O3/c1-4-9-19(3)25(21-13-14-21)27-16-17-31-22-12-7-6-10-20(22)11-8-15-26-24(30)18-28-23(29)5-2/h6-7,9-10,12,21,25,27H,4-5,8,11,13-18H2,1-3H3,(H,26,30)(H,28,29)/b19-9+. The molecule has 6 heteroatoms. The van der Waals surface area contributed by atoms with Crippen LogP contribution in [0.1, 0.15) is 58.4 Å². The number of para-hydroxylation sites is 1. The van der Waals surface area contributed by atoms with Crippen molar-refractivity contribution >= 4 is 11.8 Å². The number of ether oxygens (including phenoxy) is 1.